The van der Waals surface area contributed by atoms with Crippen LogP contribution < -0.4 is 5.56 Å². The Bertz CT molecular complexity index is 1040. The first-order chi connectivity index (χ1) is 12.5. The molecule has 0 unspecified atom stereocenters. The second kappa shape index (κ2) is 6.36. The molecule has 3 heterocycles. The first kappa shape index (κ1) is 16.4. The Morgan fingerprint density at radius 2 is 2.19 bits per heavy atom. The van der Waals surface area contributed by atoms with Crippen LogP contribution in [0.1, 0.15) is 40.8 Å². The number of nitrogens with zero attached hydrogens (tertiary/aromatic N) is 5. The molecule has 8 nitrogen and oxygen atoms in total. The number of likely N-dealkylation sites (tertiary alicyclic amines) is 1. The molecule has 0 spiro atoms. The maximum atomic E-state index is 12.9. The van der Waals surface area contributed by atoms with E-state index in [1.165, 1.54) is 10.9 Å². The third-order valence-electron chi connectivity index (χ3n) is 4.78. The van der Waals surface area contributed by atoms with E-state index in [4.69, 9.17) is 4.52 Å². The number of fused-ring (bicyclic) bond motifs is 1. The van der Waals surface area contributed by atoms with Crippen molar-refractivity contribution in [1.82, 2.24) is 24.6 Å². The van der Waals surface area contributed by atoms with Crippen molar-refractivity contribution >= 4 is 16.8 Å². The highest BCUT2D eigenvalue weighted by molar-refractivity contribution is 5.97. The Balaban J connectivity index is 1.59. The van der Waals surface area contributed by atoms with Gasteiger partial charge in [0.2, 0.25) is 5.89 Å². The average Bonchev–Trinajstić information content (AvgIpc) is 3.10. The van der Waals surface area contributed by atoms with Crippen LogP contribution in [-0.4, -0.2) is 43.6 Å². The number of aromatic nitrogens is 4. The number of amides is 1. The second-order valence-corrected chi connectivity index (χ2v) is 6.65. The number of piperidine rings is 1. The zero-order valence-corrected chi connectivity index (χ0v) is 14.7. The molecule has 0 saturated carbocycles. The largest absolute Gasteiger partial charge is 0.340 e. The van der Waals surface area contributed by atoms with Crippen LogP contribution in [0.15, 0.2) is 33.8 Å². The van der Waals surface area contributed by atoms with Crippen molar-refractivity contribution in [2.75, 3.05) is 13.1 Å². The lowest BCUT2D eigenvalue weighted by atomic mass is 9.96. The summed E-state index contributed by atoms with van der Waals surface area (Å²) in [5.41, 5.74) is 0.934. The Hall–Kier alpha value is -3.03. The van der Waals surface area contributed by atoms with Crippen molar-refractivity contribution < 1.29 is 9.32 Å². The van der Waals surface area contributed by atoms with E-state index < -0.39 is 0 Å². The SMILES string of the molecule is Cc1nc([C@H]2CCCN(C(=O)c3ccc4c(=O)n(C)cnc4c3)C2)no1. The van der Waals surface area contributed by atoms with Crippen LogP contribution in [-0.2, 0) is 7.05 Å². The lowest BCUT2D eigenvalue weighted by Gasteiger charge is -2.31. The van der Waals surface area contributed by atoms with Gasteiger partial charge in [0.05, 0.1) is 17.2 Å². The van der Waals surface area contributed by atoms with E-state index in [9.17, 15) is 9.59 Å². The zero-order valence-electron chi connectivity index (χ0n) is 14.7. The molecule has 1 fully saturated rings. The first-order valence-electron chi connectivity index (χ1n) is 8.58. The molecule has 1 aliphatic heterocycles. The van der Waals surface area contributed by atoms with E-state index in [1.807, 2.05) is 4.90 Å². The normalized spacial score (nSPS) is 17.6. The van der Waals surface area contributed by atoms with Crippen molar-refractivity contribution in [3.63, 3.8) is 0 Å². The number of benzene rings is 1. The van der Waals surface area contributed by atoms with Gasteiger partial charge in [0, 0.05) is 38.5 Å². The Morgan fingerprint density at radius 1 is 1.35 bits per heavy atom. The van der Waals surface area contributed by atoms with Gasteiger partial charge >= 0.3 is 0 Å². The summed E-state index contributed by atoms with van der Waals surface area (Å²) >= 11 is 0. The van der Waals surface area contributed by atoms with Gasteiger partial charge in [-0.15, -0.1) is 0 Å². The molecule has 8 heteroatoms. The van der Waals surface area contributed by atoms with Crippen molar-refractivity contribution in [3.8, 4) is 0 Å². The van der Waals surface area contributed by atoms with Gasteiger partial charge in [-0.3, -0.25) is 9.59 Å². The molecule has 4 rings (SSSR count). The molecule has 3 aromatic rings. The molecule has 1 aromatic carbocycles. The molecule has 1 saturated heterocycles. The van der Waals surface area contributed by atoms with Gasteiger partial charge in [0.15, 0.2) is 5.82 Å². The van der Waals surface area contributed by atoms with E-state index in [0.29, 0.717) is 41.3 Å². The standard InChI is InChI=1S/C18H19N5O3/c1-11-20-16(21-26-11)13-4-3-7-23(9-13)17(24)12-5-6-14-15(8-12)19-10-22(2)18(14)25/h5-6,8,10,13H,3-4,7,9H2,1-2H3/t13-/m0/s1. The summed E-state index contributed by atoms with van der Waals surface area (Å²) in [6.07, 6.45) is 3.28. The minimum atomic E-state index is -0.125. The first-order valence-corrected chi connectivity index (χ1v) is 8.58. The van der Waals surface area contributed by atoms with Crippen LogP contribution in [0.5, 0.6) is 0 Å². The van der Waals surface area contributed by atoms with Crippen LogP contribution in [0.3, 0.4) is 0 Å². The summed E-state index contributed by atoms with van der Waals surface area (Å²) in [7, 11) is 1.65. The zero-order chi connectivity index (χ0) is 18.3. The van der Waals surface area contributed by atoms with Gasteiger partial charge in [0.25, 0.3) is 11.5 Å². The number of hydrogen-bond acceptors (Lipinski definition) is 6. The summed E-state index contributed by atoms with van der Waals surface area (Å²) in [5.74, 6) is 1.20. The molecule has 26 heavy (non-hydrogen) atoms. The third-order valence-corrected chi connectivity index (χ3v) is 4.78. The van der Waals surface area contributed by atoms with Gasteiger partial charge in [-0.2, -0.15) is 4.98 Å². The lowest BCUT2D eigenvalue weighted by molar-refractivity contribution is 0.0703. The van der Waals surface area contributed by atoms with Crippen LogP contribution in [0.25, 0.3) is 10.9 Å². The number of carbonyl (C=O) groups excluding carboxylic acids is 1. The van der Waals surface area contributed by atoms with Crippen LogP contribution in [0.2, 0.25) is 0 Å². The fourth-order valence-corrected chi connectivity index (χ4v) is 3.38. The summed E-state index contributed by atoms with van der Waals surface area (Å²) in [6.45, 7) is 3.00. The van der Waals surface area contributed by atoms with Crippen LogP contribution in [0.4, 0.5) is 0 Å². The molecule has 0 radical (unpaired) electrons. The molecule has 0 bridgehead atoms. The van der Waals surface area contributed by atoms with Crippen molar-refractivity contribution in [1.29, 1.82) is 0 Å². The van der Waals surface area contributed by atoms with Crippen LogP contribution in [0, 0.1) is 6.92 Å². The molecule has 2 aromatic heterocycles. The molecule has 1 atom stereocenters. The Morgan fingerprint density at radius 3 is 2.96 bits per heavy atom. The Kier molecular flexibility index (Phi) is 4.02. The summed E-state index contributed by atoms with van der Waals surface area (Å²) in [4.78, 5) is 35.4. The number of hydrogen-bond donors (Lipinski definition) is 0. The highest BCUT2D eigenvalue weighted by Crippen LogP contribution is 2.26. The number of rotatable bonds is 2. The monoisotopic (exact) mass is 353 g/mol. The average molecular weight is 353 g/mol. The Labute approximate surface area is 149 Å². The predicted molar refractivity (Wildman–Crippen MR) is 93.9 cm³/mol. The molecular weight excluding hydrogens is 334 g/mol. The highest BCUT2D eigenvalue weighted by atomic mass is 16.5. The fourth-order valence-electron chi connectivity index (χ4n) is 3.38. The maximum absolute atomic E-state index is 12.9. The summed E-state index contributed by atoms with van der Waals surface area (Å²) in [5, 5.41) is 4.50. The third kappa shape index (κ3) is 2.87. The number of aryl methyl sites for hydroxylation is 2. The van der Waals surface area contributed by atoms with Gasteiger partial charge in [0.1, 0.15) is 0 Å². The lowest BCUT2D eigenvalue weighted by Crippen LogP contribution is -2.39. The quantitative estimate of drug-likeness (QED) is 0.695. The topological polar surface area (TPSA) is 94.1 Å². The molecule has 1 amide bonds. The van der Waals surface area contributed by atoms with Gasteiger partial charge in [-0.05, 0) is 31.0 Å². The van der Waals surface area contributed by atoms with Crippen LogP contribution >= 0.6 is 0 Å². The van der Waals surface area contributed by atoms with E-state index in [0.717, 1.165) is 12.8 Å². The second-order valence-electron chi connectivity index (χ2n) is 6.65. The van der Waals surface area contributed by atoms with E-state index in [1.54, 1.807) is 32.2 Å². The molecule has 134 valence electrons. The maximum Gasteiger partial charge on any atom is 0.260 e. The van der Waals surface area contributed by atoms with E-state index in [2.05, 4.69) is 15.1 Å². The minimum absolute atomic E-state index is 0.0701. The van der Waals surface area contributed by atoms with Crippen molar-refractivity contribution in [3.05, 3.63) is 52.2 Å². The fraction of sp³-hybridized carbons (Fsp3) is 0.389. The predicted octanol–water partition coefficient (Wildman–Crippen LogP) is 1.64. The molecule has 1 aliphatic rings. The highest BCUT2D eigenvalue weighted by Gasteiger charge is 2.28. The van der Waals surface area contributed by atoms with Gasteiger partial charge in [-0.1, -0.05) is 5.16 Å². The molecule has 0 aliphatic carbocycles. The minimum Gasteiger partial charge on any atom is -0.340 e. The summed E-state index contributed by atoms with van der Waals surface area (Å²) < 4.78 is 6.49. The number of carbonyl (C=O) groups is 1. The van der Waals surface area contributed by atoms with Gasteiger partial charge in [-0.25, -0.2) is 4.98 Å². The molecule has 0 N–H and O–H groups in total. The molecular formula is C18H19N5O3. The van der Waals surface area contributed by atoms with Gasteiger partial charge < -0.3 is 14.0 Å². The van der Waals surface area contributed by atoms with Crippen molar-refractivity contribution in [2.45, 2.75) is 25.7 Å². The van der Waals surface area contributed by atoms with Crippen molar-refractivity contribution in [2.24, 2.45) is 7.05 Å². The van der Waals surface area contributed by atoms with E-state index >= 15 is 0 Å². The van der Waals surface area contributed by atoms with E-state index in [-0.39, 0.29) is 17.4 Å². The smallest absolute Gasteiger partial charge is 0.260 e. The summed E-state index contributed by atoms with van der Waals surface area (Å²) in [6, 6.07) is 5.04.